The van der Waals surface area contributed by atoms with Gasteiger partial charge in [-0.1, -0.05) is 0 Å². The van der Waals surface area contributed by atoms with Gasteiger partial charge in [0.1, 0.15) is 0 Å². The van der Waals surface area contributed by atoms with Gasteiger partial charge in [0.2, 0.25) is 0 Å². The van der Waals surface area contributed by atoms with Crippen LogP contribution in [-0.2, 0) is 0 Å². The van der Waals surface area contributed by atoms with Crippen molar-refractivity contribution < 1.29 is 23.3 Å². The van der Waals surface area contributed by atoms with Gasteiger partial charge in [0.05, 0.1) is 0 Å². The Morgan fingerprint density at radius 1 is 1.58 bits per heavy atom. The van der Waals surface area contributed by atoms with Crippen LogP contribution in [0.3, 0.4) is 0 Å². The van der Waals surface area contributed by atoms with Gasteiger partial charge in [0.25, 0.3) is 0 Å². The second kappa shape index (κ2) is 5.07. The summed E-state index contributed by atoms with van der Waals surface area (Å²) in [6, 6.07) is 4.58. The van der Waals surface area contributed by atoms with E-state index in [9.17, 15) is 0 Å². The molecule has 12 heavy (non-hydrogen) atoms. The number of hydrogen-bond donors (Lipinski definition) is 0. The number of hydrazone groups is 1. The average molecular weight is 158 g/mol. The van der Waals surface area contributed by atoms with Crippen molar-refractivity contribution in [1.29, 1.82) is 0 Å². The summed E-state index contributed by atoms with van der Waals surface area (Å²) in [6.45, 7) is 1.90. The quantitative estimate of drug-likeness (QED) is 0.224. The van der Waals surface area contributed by atoms with E-state index in [4.69, 9.17) is 4.42 Å². The molecular weight excluding hydrogens is 147 g/mol. The molecule has 0 aliphatic rings. The van der Waals surface area contributed by atoms with E-state index in [1.807, 2.05) is 21.0 Å². The topological polar surface area (TPSA) is 28.7 Å². The molecule has 1 aromatic heterocycles. The Bertz CT molecular complexity index is 242. The predicted octanol–water partition coefficient (Wildman–Crippen LogP) is -1.63. The van der Waals surface area contributed by atoms with Gasteiger partial charge in [-0.2, -0.15) is 11.2 Å². The first kappa shape index (κ1) is 11.3. The standard InChI is InChI=1S/C8H11N2O.Li/c1-7(9-10(2)3)8-5-4-6-11-8;/h5-6H,1-3H3;/q-1;+1/b9-7+;. The molecule has 1 aromatic rings. The first-order valence-electron chi connectivity index (χ1n) is 3.37. The Morgan fingerprint density at radius 3 is 2.67 bits per heavy atom. The van der Waals surface area contributed by atoms with Crippen LogP contribution >= 0.6 is 0 Å². The summed E-state index contributed by atoms with van der Waals surface area (Å²) in [4.78, 5) is 0. The van der Waals surface area contributed by atoms with Gasteiger partial charge in [0, 0.05) is 19.8 Å². The summed E-state index contributed by atoms with van der Waals surface area (Å²) in [5.41, 5.74) is 0.858. The van der Waals surface area contributed by atoms with Gasteiger partial charge in [-0.3, -0.25) is 0 Å². The molecule has 3 nitrogen and oxygen atoms in total. The summed E-state index contributed by atoms with van der Waals surface area (Å²) in [6.07, 6.45) is 1.52. The van der Waals surface area contributed by atoms with Crippen LogP contribution in [0.2, 0.25) is 0 Å². The maximum absolute atomic E-state index is 5.08. The zero-order valence-electron chi connectivity index (χ0n) is 7.96. The zero-order chi connectivity index (χ0) is 8.27. The summed E-state index contributed by atoms with van der Waals surface area (Å²) < 4.78 is 5.08. The molecule has 0 bridgehead atoms. The van der Waals surface area contributed by atoms with Gasteiger partial charge in [-0.25, -0.2) is 6.07 Å². The van der Waals surface area contributed by atoms with E-state index in [0.29, 0.717) is 0 Å². The normalized spacial score (nSPS) is 10.8. The van der Waals surface area contributed by atoms with Crippen molar-refractivity contribution in [1.82, 2.24) is 5.01 Å². The molecule has 0 N–H and O–H groups in total. The van der Waals surface area contributed by atoms with E-state index in [-0.39, 0.29) is 18.9 Å². The maximum atomic E-state index is 5.08. The van der Waals surface area contributed by atoms with Crippen LogP contribution in [0.25, 0.3) is 0 Å². The monoisotopic (exact) mass is 158 g/mol. The first-order valence-corrected chi connectivity index (χ1v) is 3.37. The molecule has 0 saturated carbocycles. The van der Waals surface area contributed by atoms with Crippen LogP contribution in [0.15, 0.2) is 21.8 Å². The third-order valence-corrected chi connectivity index (χ3v) is 1.17. The molecule has 0 amide bonds. The fourth-order valence-corrected chi connectivity index (χ4v) is 0.780. The predicted molar refractivity (Wildman–Crippen MR) is 43.4 cm³/mol. The number of furan rings is 1. The van der Waals surface area contributed by atoms with Crippen LogP contribution < -0.4 is 18.9 Å². The summed E-state index contributed by atoms with van der Waals surface area (Å²) in [7, 11) is 3.74. The minimum Gasteiger partial charge on any atom is -0.567 e. The Morgan fingerprint density at radius 2 is 2.25 bits per heavy atom. The van der Waals surface area contributed by atoms with Crippen molar-refractivity contribution in [3.05, 3.63) is 24.2 Å². The Kier molecular flexibility index (Phi) is 4.80. The van der Waals surface area contributed by atoms with Gasteiger partial charge in [-0.05, 0) is 18.9 Å². The third-order valence-electron chi connectivity index (χ3n) is 1.17. The van der Waals surface area contributed by atoms with E-state index in [1.54, 1.807) is 11.1 Å². The van der Waals surface area contributed by atoms with Crippen LogP contribution in [0, 0.1) is 6.07 Å². The SMILES string of the molecule is C/C(=N\N(C)C)c1c[c-]co1.[Li+]. The van der Waals surface area contributed by atoms with E-state index in [1.165, 1.54) is 6.26 Å². The van der Waals surface area contributed by atoms with Crippen molar-refractivity contribution in [3.63, 3.8) is 0 Å². The molecule has 60 valence electrons. The molecule has 0 saturated heterocycles. The van der Waals surface area contributed by atoms with Crippen molar-refractivity contribution in [2.75, 3.05) is 14.1 Å². The second-order valence-corrected chi connectivity index (χ2v) is 2.44. The molecule has 1 heterocycles. The van der Waals surface area contributed by atoms with Crippen molar-refractivity contribution in [3.8, 4) is 0 Å². The molecule has 0 aromatic carbocycles. The maximum Gasteiger partial charge on any atom is 1.00 e. The minimum absolute atomic E-state index is 0. The van der Waals surface area contributed by atoms with Crippen LogP contribution in [0.1, 0.15) is 12.7 Å². The van der Waals surface area contributed by atoms with Gasteiger partial charge < -0.3 is 9.43 Å². The Labute approximate surface area is 84.6 Å². The van der Waals surface area contributed by atoms with Crippen molar-refractivity contribution in [2.24, 2.45) is 5.10 Å². The fraction of sp³-hybridized carbons (Fsp3) is 0.375. The van der Waals surface area contributed by atoms with E-state index in [0.717, 1.165) is 11.5 Å². The molecular formula is C8H11LiN2O. The Balaban J connectivity index is 0.00000121. The van der Waals surface area contributed by atoms with Gasteiger partial charge in [0.15, 0.2) is 0 Å². The molecule has 0 aliphatic carbocycles. The smallest absolute Gasteiger partial charge is 0.567 e. The molecule has 0 unspecified atom stereocenters. The largest absolute Gasteiger partial charge is 1.00 e. The Hall–Kier alpha value is -0.653. The minimum atomic E-state index is 0. The molecule has 0 atom stereocenters. The molecule has 0 fully saturated rings. The van der Waals surface area contributed by atoms with E-state index >= 15 is 0 Å². The summed E-state index contributed by atoms with van der Waals surface area (Å²) in [5.74, 6) is 0.763. The number of hydrogen-bond acceptors (Lipinski definition) is 3. The first-order chi connectivity index (χ1) is 5.20. The van der Waals surface area contributed by atoms with Crippen LogP contribution in [-0.4, -0.2) is 24.8 Å². The van der Waals surface area contributed by atoms with Gasteiger partial charge >= 0.3 is 18.9 Å². The van der Waals surface area contributed by atoms with Crippen molar-refractivity contribution >= 4 is 5.71 Å². The molecule has 1 rings (SSSR count). The van der Waals surface area contributed by atoms with Crippen LogP contribution in [0.4, 0.5) is 0 Å². The second-order valence-electron chi connectivity index (χ2n) is 2.44. The summed E-state index contributed by atoms with van der Waals surface area (Å²) in [5, 5.41) is 5.89. The van der Waals surface area contributed by atoms with Gasteiger partial charge in [-0.15, -0.1) is 0 Å². The molecule has 0 radical (unpaired) electrons. The van der Waals surface area contributed by atoms with E-state index < -0.39 is 0 Å². The summed E-state index contributed by atoms with van der Waals surface area (Å²) >= 11 is 0. The average Bonchev–Trinajstić information content (AvgIpc) is 2.35. The molecule has 0 aliphatic heterocycles. The zero-order valence-corrected chi connectivity index (χ0v) is 7.96. The number of rotatable bonds is 2. The molecule has 4 heteroatoms. The third kappa shape index (κ3) is 3.16. The van der Waals surface area contributed by atoms with Crippen molar-refractivity contribution in [2.45, 2.75) is 6.92 Å². The number of nitrogens with zero attached hydrogens (tertiary/aromatic N) is 2. The van der Waals surface area contributed by atoms with Crippen LogP contribution in [0.5, 0.6) is 0 Å². The molecule has 0 spiro atoms. The van der Waals surface area contributed by atoms with E-state index in [2.05, 4.69) is 11.2 Å². The fourth-order valence-electron chi connectivity index (χ4n) is 0.780.